The number of aliphatic carboxylic acids is 1. The lowest BCUT2D eigenvalue weighted by molar-refractivity contribution is -0.134. The molecule has 1 rings (SSSR count). The van der Waals surface area contributed by atoms with Crippen LogP contribution < -0.4 is 0 Å². The van der Waals surface area contributed by atoms with Gasteiger partial charge in [0, 0.05) is 6.92 Å². The molecule has 1 aromatic carbocycles. The smallest absolute Gasteiger partial charge is 0.300 e. The van der Waals surface area contributed by atoms with Crippen LogP contribution in [0.5, 0.6) is 0 Å². The Kier molecular flexibility index (Phi) is 9.95. The predicted molar refractivity (Wildman–Crippen MR) is 86.6 cm³/mol. The molecule has 5 nitrogen and oxygen atoms in total. The highest BCUT2D eigenvalue weighted by Crippen LogP contribution is 2.22. The van der Waals surface area contributed by atoms with Crippen molar-refractivity contribution in [2.45, 2.75) is 49.7 Å². The number of carboxylic acids is 1. The number of rotatable bonds is 7. The number of sulfone groups is 1. The molecule has 22 heavy (non-hydrogen) atoms. The Balaban J connectivity index is 0.000000980. The van der Waals surface area contributed by atoms with Crippen molar-refractivity contribution in [2.75, 3.05) is 0 Å². The van der Waals surface area contributed by atoms with Crippen molar-refractivity contribution in [1.82, 2.24) is 0 Å². The summed E-state index contributed by atoms with van der Waals surface area (Å²) in [7, 11) is -3.31. The molecule has 0 aliphatic carbocycles. The zero-order valence-corrected chi connectivity index (χ0v) is 13.8. The molecule has 0 aliphatic heterocycles. The van der Waals surface area contributed by atoms with Gasteiger partial charge in [-0.25, -0.2) is 8.42 Å². The number of hydrogen-bond acceptors (Lipinski definition) is 4. The maximum Gasteiger partial charge on any atom is 0.300 e. The number of benzene rings is 1. The highest BCUT2D eigenvalue weighted by molar-refractivity contribution is 7.92. The Bertz CT molecular complexity index is 545. The van der Waals surface area contributed by atoms with E-state index in [0.717, 1.165) is 26.0 Å². The van der Waals surface area contributed by atoms with Crippen LogP contribution in [0.15, 0.2) is 47.6 Å². The normalized spacial score (nSPS) is 12.5. The van der Waals surface area contributed by atoms with Gasteiger partial charge in [0.15, 0.2) is 9.84 Å². The van der Waals surface area contributed by atoms with E-state index < -0.39 is 21.1 Å². The lowest BCUT2D eigenvalue weighted by atomic mass is 10.1. The van der Waals surface area contributed by atoms with Crippen LogP contribution in [0.1, 0.15) is 39.5 Å². The van der Waals surface area contributed by atoms with E-state index in [9.17, 15) is 8.42 Å². The largest absolute Gasteiger partial charge is 0.516 e. The van der Waals surface area contributed by atoms with Crippen LogP contribution in [-0.2, 0) is 14.6 Å². The van der Waals surface area contributed by atoms with Crippen molar-refractivity contribution in [1.29, 1.82) is 0 Å². The second-order valence-electron chi connectivity index (χ2n) is 4.76. The molecule has 2 N–H and O–H groups in total. The van der Waals surface area contributed by atoms with E-state index in [0.29, 0.717) is 17.7 Å². The van der Waals surface area contributed by atoms with Gasteiger partial charge in [-0.1, -0.05) is 38.0 Å². The molecule has 0 bridgehead atoms. The van der Waals surface area contributed by atoms with E-state index in [1.54, 1.807) is 30.3 Å². The Hall–Kier alpha value is -1.82. The van der Waals surface area contributed by atoms with Crippen molar-refractivity contribution in [3.05, 3.63) is 42.7 Å². The Labute approximate surface area is 132 Å². The highest BCUT2D eigenvalue weighted by atomic mass is 32.2. The molecular formula is C16H24O5S. The number of aliphatic hydroxyl groups is 1. The zero-order valence-electron chi connectivity index (χ0n) is 13.0. The summed E-state index contributed by atoms with van der Waals surface area (Å²) >= 11 is 0. The second-order valence-corrected chi connectivity index (χ2v) is 6.99. The zero-order chi connectivity index (χ0) is 17.0. The first-order valence-corrected chi connectivity index (χ1v) is 8.68. The van der Waals surface area contributed by atoms with Crippen molar-refractivity contribution >= 4 is 15.8 Å². The summed E-state index contributed by atoms with van der Waals surface area (Å²) in [6.45, 7) is 3.12. The average molecular weight is 328 g/mol. The number of allylic oxidation sites excluding steroid dienone is 1. The van der Waals surface area contributed by atoms with Gasteiger partial charge in [0.2, 0.25) is 0 Å². The molecular weight excluding hydrogens is 304 g/mol. The summed E-state index contributed by atoms with van der Waals surface area (Å²) in [5.41, 5.74) is 0. The maximum atomic E-state index is 12.4. The molecule has 1 aromatic rings. The molecule has 1 atom stereocenters. The van der Waals surface area contributed by atoms with Gasteiger partial charge in [0.05, 0.1) is 16.4 Å². The van der Waals surface area contributed by atoms with Crippen LogP contribution in [0, 0.1) is 0 Å². The van der Waals surface area contributed by atoms with Crippen molar-refractivity contribution in [2.24, 2.45) is 0 Å². The minimum Gasteiger partial charge on any atom is -0.516 e. The SMILES string of the molecule is CC(=O)O.CCCCC(CC=CO)S(=O)(=O)c1ccccc1. The monoisotopic (exact) mass is 328 g/mol. The van der Waals surface area contributed by atoms with E-state index in [4.69, 9.17) is 15.0 Å². The fourth-order valence-electron chi connectivity index (χ4n) is 1.85. The van der Waals surface area contributed by atoms with Crippen molar-refractivity contribution in [3.8, 4) is 0 Å². The van der Waals surface area contributed by atoms with Crippen LogP contribution in [0.2, 0.25) is 0 Å². The van der Waals surface area contributed by atoms with Gasteiger partial charge in [-0.2, -0.15) is 0 Å². The third-order valence-corrected chi connectivity index (χ3v) is 5.13. The Morgan fingerprint density at radius 3 is 2.27 bits per heavy atom. The quantitative estimate of drug-likeness (QED) is 0.747. The second kappa shape index (κ2) is 10.8. The van der Waals surface area contributed by atoms with E-state index in [1.807, 2.05) is 6.92 Å². The molecule has 0 aromatic heterocycles. The standard InChI is InChI=1S/C14H20O3S.C2H4O2/c1-2-3-8-13(11-7-12-15)18(16,17)14-9-5-4-6-10-14;1-2(3)4/h4-7,9-10,12-13,15H,2-3,8,11H2,1H3;1H3,(H,3,4). The molecule has 0 radical (unpaired) electrons. The fraction of sp³-hybridized carbons (Fsp3) is 0.438. The van der Waals surface area contributed by atoms with Crippen molar-refractivity contribution < 1.29 is 23.4 Å². The number of carboxylic acid groups (broad SMARTS) is 1. The molecule has 6 heteroatoms. The van der Waals surface area contributed by atoms with E-state index in [-0.39, 0.29) is 0 Å². The van der Waals surface area contributed by atoms with E-state index in [2.05, 4.69) is 0 Å². The predicted octanol–water partition coefficient (Wildman–Crippen LogP) is 3.57. The first kappa shape index (κ1) is 20.2. The van der Waals surface area contributed by atoms with Gasteiger partial charge in [-0.15, -0.1) is 0 Å². The van der Waals surface area contributed by atoms with Crippen LogP contribution in [0.4, 0.5) is 0 Å². The molecule has 0 saturated heterocycles. The van der Waals surface area contributed by atoms with Crippen LogP contribution in [0.3, 0.4) is 0 Å². The first-order valence-electron chi connectivity index (χ1n) is 7.13. The lowest BCUT2D eigenvalue weighted by Gasteiger charge is -2.15. The average Bonchev–Trinajstić information content (AvgIpc) is 2.47. The van der Waals surface area contributed by atoms with Crippen LogP contribution in [0.25, 0.3) is 0 Å². The van der Waals surface area contributed by atoms with Crippen molar-refractivity contribution in [3.63, 3.8) is 0 Å². The minimum absolute atomic E-state index is 0.355. The van der Waals surface area contributed by atoms with Gasteiger partial charge in [-0.3, -0.25) is 4.79 Å². The summed E-state index contributed by atoms with van der Waals surface area (Å²) < 4.78 is 24.9. The summed E-state index contributed by atoms with van der Waals surface area (Å²) in [6, 6.07) is 8.50. The minimum atomic E-state index is -3.31. The number of carbonyl (C=O) groups is 1. The maximum absolute atomic E-state index is 12.4. The Morgan fingerprint density at radius 1 is 1.27 bits per heavy atom. The number of aliphatic hydroxyl groups excluding tert-OH is 1. The number of hydrogen-bond donors (Lipinski definition) is 2. The van der Waals surface area contributed by atoms with Gasteiger partial charge < -0.3 is 10.2 Å². The van der Waals surface area contributed by atoms with Gasteiger partial charge in [0.25, 0.3) is 5.97 Å². The molecule has 0 heterocycles. The molecule has 124 valence electrons. The van der Waals surface area contributed by atoms with Crippen LogP contribution in [-0.4, -0.2) is 29.9 Å². The summed E-state index contributed by atoms with van der Waals surface area (Å²) in [5.74, 6) is -0.833. The molecule has 0 amide bonds. The van der Waals surface area contributed by atoms with Gasteiger partial charge in [0.1, 0.15) is 0 Å². The summed E-state index contributed by atoms with van der Waals surface area (Å²) in [6.07, 6.45) is 5.23. The highest BCUT2D eigenvalue weighted by Gasteiger charge is 2.25. The molecule has 0 saturated carbocycles. The van der Waals surface area contributed by atoms with Crippen LogP contribution >= 0.6 is 0 Å². The number of unbranched alkanes of at least 4 members (excludes halogenated alkanes) is 1. The first-order chi connectivity index (χ1) is 10.4. The fourth-order valence-corrected chi connectivity index (χ4v) is 3.61. The van der Waals surface area contributed by atoms with E-state index >= 15 is 0 Å². The summed E-state index contributed by atoms with van der Waals surface area (Å²) in [5, 5.41) is 15.7. The van der Waals surface area contributed by atoms with Gasteiger partial charge in [-0.05, 0) is 31.1 Å². The Morgan fingerprint density at radius 2 is 1.82 bits per heavy atom. The molecule has 1 unspecified atom stereocenters. The molecule has 0 fully saturated rings. The molecule has 0 aliphatic rings. The third-order valence-electron chi connectivity index (χ3n) is 2.89. The third kappa shape index (κ3) is 7.83. The topological polar surface area (TPSA) is 91.7 Å². The summed E-state index contributed by atoms with van der Waals surface area (Å²) in [4.78, 5) is 9.36. The van der Waals surface area contributed by atoms with E-state index in [1.165, 1.54) is 6.08 Å². The van der Waals surface area contributed by atoms with Gasteiger partial charge >= 0.3 is 0 Å². The molecule has 0 spiro atoms. The lowest BCUT2D eigenvalue weighted by Crippen LogP contribution is -2.21.